The number of carbonyl (C=O) groups excluding carboxylic acids is 1. The molecule has 0 atom stereocenters. The molecule has 1 aliphatic heterocycles. The van der Waals surface area contributed by atoms with E-state index in [0.29, 0.717) is 0 Å². The van der Waals surface area contributed by atoms with Crippen molar-refractivity contribution in [2.75, 3.05) is 13.1 Å². The van der Waals surface area contributed by atoms with Gasteiger partial charge in [-0.1, -0.05) is 18.7 Å². The molecule has 0 spiro atoms. The maximum absolute atomic E-state index is 12.5. The number of rotatable bonds is 1. The maximum atomic E-state index is 12.5. The molecule has 0 N–H and O–H groups in total. The zero-order chi connectivity index (χ0) is 13.3. The quantitative estimate of drug-likeness (QED) is 0.648. The molecule has 1 saturated heterocycles. The van der Waals surface area contributed by atoms with Crippen LogP contribution in [0.2, 0.25) is 5.82 Å². The maximum Gasteiger partial charge on any atom is 1.00 e. The van der Waals surface area contributed by atoms with Crippen LogP contribution in [0.25, 0.3) is 0 Å². The Morgan fingerprint density at radius 3 is 2.00 bits per heavy atom. The van der Waals surface area contributed by atoms with Crippen LogP contribution in [0.1, 0.15) is 33.6 Å². The first-order chi connectivity index (χ1) is 7.59. The van der Waals surface area contributed by atoms with E-state index in [0.717, 1.165) is 0 Å². The molecule has 1 aliphatic rings. The largest absolute Gasteiger partial charge is 1.00 e. The molecule has 0 saturated carbocycles. The van der Waals surface area contributed by atoms with E-state index in [1.165, 1.54) is 4.90 Å². The van der Waals surface area contributed by atoms with Gasteiger partial charge in [-0.2, -0.15) is 0 Å². The zero-order valence-corrected chi connectivity index (χ0v) is 14.5. The van der Waals surface area contributed by atoms with Crippen LogP contribution < -0.4 is 51.4 Å². The summed E-state index contributed by atoms with van der Waals surface area (Å²) < 4.78 is 42.5. The molecule has 8 heteroatoms. The molecule has 1 rings (SSSR count). The summed E-state index contributed by atoms with van der Waals surface area (Å²) in [5.41, 5.74) is -0.609. The monoisotopic (exact) mass is 291 g/mol. The second-order valence-corrected chi connectivity index (χ2v) is 5.43. The van der Waals surface area contributed by atoms with Gasteiger partial charge in [0.1, 0.15) is 5.60 Å². The molecular weight excluding hydrogens is 273 g/mol. The van der Waals surface area contributed by atoms with Gasteiger partial charge in [-0.25, -0.2) is 4.79 Å². The predicted molar refractivity (Wildman–Crippen MR) is 59.9 cm³/mol. The number of hydrogen-bond donors (Lipinski definition) is 0. The van der Waals surface area contributed by atoms with Crippen molar-refractivity contribution in [2.45, 2.75) is 45.0 Å². The van der Waals surface area contributed by atoms with Crippen LogP contribution in [0.15, 0.2) is 0 Å². The molecule has 1 fully saturated rings. The summed E-state index contributed by atoms with van der Waals surface area (Å²) in [6, 6.07) is 0. The van der Waals surface area contributed by atoms with E-state index in [4.69, 9.17) is 4.74 Å². The first kappa shape index (κ1) is 18.8. The van der Waals surface area contributed by atoms with E-state index < -0.39 is 24.5 Å². The average molecular weight is 291 g/mol. The fourth-order valence-corrected chi connectivity index (χ4v) is 1.79. The van der Waals surface area contributed by atoms with Crippen LogP contribution in [0, 0.1) is 0 Å². The van der Waals surface area contributed by atoms with E-state index >= 15 is 0 Å². The second kappa shape index (κ2) is 6.97. The van der Waals surface area contributed by atoms with Crippen molar-refractivity contribution in [3.05, 3.63) is 0 Å². The van der Waals surface area contributed by atoms with Crippen molar-refractivity contribution in [3.8, 4) is 0 Å². The second-order valence-electron chi connectivity index (χ2n) is 5.43. The van der Waals surface area contributed by atoms with E-state index in [2.05, 4.69) is 0 Å². The standard InChI is InChI=1S/C10H18BF3NO2.K/c1-10(2,3)17-9(16)15-6-4-8(5-7-15)11(12,13)14;/h8H,4-7H2,1-3H3;/q-1;+1. The third-order valence-corrected chi connectivity index (χ3v) is 2.73. The van der Waals surface area contributed by atoms with Crippen LogP contribution in [-0.4, -0.2) is 36.7 Å². The summed E-state index contributed by atoms with van der Waals surface area (Å²) in [6.45, 7) is 0.670. The van der Waals surface area contributed by atoms with Crippen molar-refractivity contribution >= 4 is 13.1 Å². The van der Waals surface area contributed by atoms with Gasteiger partial charge in [-0.3, -0.25) is 0 Å². The minimum atomic E-state index is -4.78. The Balaban J connectivity index is 0.00000289. The number of likely N-dealkylation sites (tertiary alicyclic amines) is 1. The molecule has 0 bridgehead atoms. The Morgan fingerprint density at radius 2 is 1.67 bits per heavy atom. The number of nitrogens with zero attached hydrogens (tertiary/aromatic N) is 1. The van der Waals surface area contributed by atoms with Crippen LogP contribution in [-0.2, 0) is 4.74 Å². The third-order valence-electron chi connectivity index (χ3n) is 2.73. The van der Waals surface area contributed by atoms with Crippen LogP contribution in [0.4, 0.5) is 17.7 Å². The number of halogens is 3. The number of piperidine rings is 1. The molecule has 0 radical (unpaired) electrons. The summed E-state index contributed by atoms with van der Waals surface area (Å²) >= 11 is 0. The van der Waals surface area contributed by atoms with Crippen molar-refractivity contribution in [1.29, 1.82) is 0 Å². The van der Waals surface area contributed by atoms with Gasteiger partial charge in [0.25, 0.3) is 0 Å². The van der Waals surface area contributed by atoms with Gasteiger partial charge in [-0.15, -0.1) is 0 Å². The SMILES string of the molecule is CC(C)(C)OC(=O)N1CCC([B-](F)(F)F)CC1.[K+]. The first-order valence-electron chi connectivity index (χ1n) is 5.77. The summed E-state index contributed by atoms with van der Waals surface area (Å²) in [5.74, 6) is -1.23. The molecule has 0 aromatic rings. The zero-order valence-electron chi connectivity index (χ0n) is 11.4. The number of ether oxygens (including phenoxy) is 1. The van der Waals surface area contributed by atoms with Gasteiger partial charge in [-0.05, 0) is 20.8 Å². The molecule has 0 aliphatic carbocycles. The Hall–Kier alpha value is 0.761. The molecule has 0 unspecified atom stereocenters. The van der Waals surface area contributed by atoms with Crippen molar-refractivity contribution in [3.63, 3.8) is 0 Å². The summed E-state index contributed by atoms with van der Waals surface area (Å²) in [7, 11) is 0. The van der Waals surface area contributed by atoms with Gasteiger partial charge in [0, 0.05) is 13.1 Å². The van der Waals surface area contributed by atoms with Crippen LogP contribution in [0.5, 0.6) is 0 Å². The predicted octanol–water partition coefficient (Wildman–Crippen LogP) is 0.239. The summed E-state index contributed by atoms with van der Waals surface area (Å²) in [5, 5.41) is 0. The van der Waals surface area contributed by atoms with Gasteiger partial charge in [0.2, 0.25) is 0 Å². The van der Waals surface area contributed by atoms with Gasteiger partial charge in [0.15, 0.2) is 0 Å². The van der Waals surface area contributed by atoms with Gasteiger partial charge in [0.05, 0.1) is 0 Å². The fourth-order valence-electron chi connectivity index (χ4n) is 1.79. The topological polar surface area (TPSA) is 29.5 Å². The summed E-state index contributed by atoms with van der Waals surface area (Å²) in [6.07, 6.45) is -0.545. The van der Waals surface area contributed by atoms with E-state index in [9.17, 15) is 17.7 Å². The van der Waals surface area contributed by atoms with Gasteiger partial charge < -0.3 is 22.6 Å². The number of hydrogen-bond acceptors (Lipinski definition) is 2. The molecule has 0 aromatic heterocycles. The van der Waals surface area contributed by atoms with Crippen molar-refractivity contribution in [2.24, 2.45) is 0 Å². The van der Waals surface area contributed by atoms with E-state index in [-0.39, 0.29) is 77.3 Å². The smallest absolute Gasteiger partial charge is 0.449 e. The number of carbonyl (C=O) groups is 1. The molecule has 1 amide bonds. The molecule has 3 nitrogen and oxygen atoms in total. The van der Waals surface area contributed by atoms with Crippen molar-refractivity contribution in [1.82, 2.24) is 4.90 Å². The van der Waals surface area contributed by atoms with Gasteiger partial charge >= 0.3 is 64.5 Å². The van der Waals surface area contributed by atoms with Crippen LogP contribution >= 0.6 is 0 Å². The van der Waals surface area contributed by atoms with Crippen LogP contribution in [0.3, 0.4) is 0 Å². The molecular formula is C10H18BF3KNO2. The average Bonchev–Trinajstić information content (AvgIpc) is 2.14. The molecule has 100 valence electrons. The number of amides is 1. The first-order valence-corrected chi connectivity index (χ1v) is 5.77. The summed E-state index contributed by atoms with van der Waals surface area (Å²) in [4.78, 5) is 12.9. The third kappa shape index (κ3) is 6.27. The minimum Gasteiger partial charge on any atom is -0.449 e. The normalized spacial score (nSPS) is 18.2. The molecule has 0 aromatic carbocycles. The van der Waals surface area contributed by atoms with Crippen molar-refractivity contribution < 1.29 is 73.9 Å². The Morgan fingerprint density at radius 1 is 1.22 bits per heavy atom. The fraction of sp³-hybridized carbons (Fsp3) is 0.900. The Labute approximate surface area is 148 Å². The Bertz CT molecular complexity index is 286. The van der Waals surface area contributed by atoms with E-state index in [1.807, 2.05) is 0 Å². The minimum absolute atomic E-state index is 0. The van der Waals surface area contributed by atoms with E-state index in [1.54, 1.807) is 20.8 Å². The Kier molecular flexibility index (Phi) is 7.26. The molecule has 1 heterocycles. The molecule has 18 heavy (non-hydrogen) atoms.